The maximum atomic E-state index is 10.9. The summed E-state index contributed by atoms with van der Waals surface area (Å²) in [6, 6.07) is 0. The second-order valence-electron chi connectivity index (χ2n) is 8.30. The molecule has 0 aliphatic heterocycles. The number of aliphatic carboxylic acids is 1. The van der Waals surface area contributed by atoms with Crippen LogP contribution in [0.2, 0.25) is 0 Å². The molecule has 0 fully saturated rings. The summed E-state index contributed by atoms with van der Waals surface area (Å²) in [7, 11) is 0. The van der Waals surface area contributed by atoms with Crippen molar-refractivity contribution in [2.45, 2.75) is 129 Å². The van der Waals surface area contributed by atoms with Crippen molar-refractivity contribution in [2.75, 3.05) is 6.61 Å². The lowest BCUT2D eigenvalue weighted by Gasteiger charge is -2.12. The SMILES string of the molecule is CC(C(=O)O)=C(C)C(O)CCCCCCCCCCCCCCCCCCO. The summed E-state index contributed by atoms with van der Waals surface area (Å²) in [6.07, 6.45) is 20.2. The monoisotopic (exact) mass is 398 g/mol. The maximum absolute atomic E-state index is 10.9. The number of carboxylic acid groups (broad SMARTS) is 1. The Morgan fingerprint density at radius 1 is 0.643 bits per heavy atom. The summed E-state index contributed by atoms with van der Waals surface area (Å²) in [5, 5.41) is 27.7. The largest absolute Gasteiger partial charge is 0.478 e. The molecule has 0 aromatic rings. The van der Waals surface area contributed by atoms with E-state index in [2.05, 4.69) is 0 Å². The van der Waals surface area contributed by atoms with Gasteiger partial charge in [0.05, 0.1) is 6.10 Å². The molecule has 0 heterocycles. The van der Waals surface area contributed by atoms with Crippen LogP contribution in [0.3, 0.4) is 0 Å². The van der Waals surface area contributed by atoms with Crippen molar-refractivity contribution in [2.24, 2.45) is 0 Å². The van der Waals surface area contributed by atoms with Gasteiger partial charge in [0.25, 0.3) is 0 Å². The lowest BCUT2D eigenvalue weighted by atomic mass is 9.99. The van der Waals surface area contributed by atoms with Gasteiger partial charge in [-0.25, -0.2) is 4.79 Å². The van der Waals surface area contributed by atoms with Gasteiger partial charge in [-0.2, -0.15) is 0 Å². The summed E-state index contributed by atoms with van der Waals surface area (Å²) < 4.78 is 0. The number of rotatable bonds is 20. The average molecular weight is 399 g/mol. The van der Waals surface area contributed by atoms with Gasteiger partial charge in [-0.1, -0.05) is 96.3 Å². The fourth-order valence-corrected chi connectivity index (χ4v) is 3.56. The molecule has 0 radical (unpaired) electrons. The Hall–Kier alpha value is -0.870. The third-order valence-electron chi connectivity index (χ3n) is 5.80. The topological polar surface area (TPSA) is 77.8 Å². The zero-order chi connectivity index (χ0) is 21.0. The van der Waals surface area contributed by atoms with Gasteiger partial charge in [-0.3, -0.25) is 0 Å². The lowest BCUT2D eigenvalue weighted by molar-refractivity contribution is -0.132. The van der Waals surface area contributed by atoms with E-state index in [0.29, 0.717) is 18.6 Å². The zero-order valence-electron chi connectivity index (χ0n) is 18.6. The van der Waals surface area contributed by atoms with Crippen molar-refractivity contribution >= 4 is 5.97 Å². The van der Waals surface area contributed by atoms with Crippen molar-refractivity contribution in [3.8, 4) is 0 Å². The molecule has 1 unspecified atom stereocenters. The van der Waals surface area contributed by atoms with Crippen molar-refractivity contribution in [3.05, 3.63) is 11.1 Å². The molecule has 0 aliphatic carbocycles. The number of carbonyl (C=O) groups is 1. The van der Waals surface area contributed by atoms with Crippen LogP contribution in [-0.2, 0) is 4.79 Å². The van der Waals surface area contributed by atoms with Crippen LogP contribution in [0.5, 0.6) is 0 Å². The van der Waals surface area contributed by atoms with Crippen LogP contribution < -0.4 is 0 Å². The third-order valence-corrected chi connectivity index (χ3v) is 5.80. The van der Waals surface area contributed by atoms with Gasteiger partial charge in [0.1, 0.15) is 0 Å². The van der Waals surface area contributed by atoms with Gasteiger partial charge in [-0.05, 0) is 32.3 Å². The second-order valence-corrected chi connectivity index (χ2v) is 8.30. The molecule has 3 N–H and O–H groups in total. The lowest BCUT2D eigenvalue weighted by Crippen LogP contribution is -2.13. The van der Waals surface area contributed by atoms with Crippen molar-refractivity contribution in [3.63, 3.8) is 0 Å². The number of aliphatic hydroxyl groups excluding tert-OH is 2. The Kier molecular flexibility index (Phi) is 18.8. The molecule has 4 nitrogen and oxygen atoms in total. The number of carboxylic acids is 1. The van der Waals surface area contributed by atoms with Crippen LogP contribution in [0, 0.1) is 0 Å². The van der Waals surface area contributed by atoms with Gasteiger partial charge in [0, 0.05) is 12.2 Å². The summed E-state index contributed by atoms with van der Waals surface area (Å²) in [5.74, 6) is -0.939. The highest BCUT2D eigenvalue weighted by Gasteiger charge is 2.12. The highest BCUT2D eigenvalue weighted by atomic mass is 16.4. The Balaban J connectivity index is 3.32. The fraction of sp³-hybridized carbons (Fsp3) is 0.875. The molecule has 0 amide bonds. The summed E-state index contributed by atoms with van der Waals surface area (Å²) in [4.78, 5) is 10.9. The molecule has 0 rings (SSSR count). The van der Waals surface area contributed by atoms with Gasteiger partial charge >= 0.3 is 5.97 Å². The first-order valence-electron chi connectivity index (χ1n) is 11.7. The Labute approximate surface area is 173 Å². The van der Waals surface area contributed by atoms with E-state index in [4.69, 9.17) is 10.2 Å². The molecule has 0 aliphatic rings. The smallest absolute Gasteiger partial charge is 0.331 e. The van der Waals surface area contributed by atoms with Gasteiger partial charge in [0.15, 0.2) is 0 Å². The van der Waals surface area contributed by atoms with Crippen molar-refractivity contribution < 1.29 is 20.1 Å². The normalized spacial score (nSPS) is 13.4. The van der Waals surface area contributed by atoms with E-state index in [9.17, 15) is 9.90 Å². The van der Waals surface area contributed by atoms with Gasteiger partial charge < -0.3 is 15.3 Å². The van der Waals surface area contributed by atoms with Crippen LogP contribution in [-0.4, -0.2) is 34.0 Å². The molecule has 0 aromatic heterocycles. The molecular formula is C24H46O4. The van der Waals surface area contributed by atoms with E-state index < -0.39 is 12.1 Å². The highest BCUT2D eigenvalue weighted by molar-refractivity contribution is 5.86. The van der Waals surface area contributed by atoms with E-state index >= 15 is 0 Å². The molecule has 0 saturated heterocycles. The number of unbranched alkanes of at least 4 members (excludes halogenated alkanes) is 15. The predicted molar refractivity (Wildman–Crippen MR) is 118 cm³/mol. The first kappa shape index (κ1) is 27.1. The second kappa shape index (κ2) is 19.4. The zero-order valence-corrected chi connectivity index (χ0v) is 18.6. The van der Waals surface area contributed by atoms with Gasteiger partial charge in [-0.15, -0.1) is 0 Å². The fourth-order valence-electron chi connectivity index (χ4n) is 3.56. The molecule has 0 spiro atoms. The van der Waals surface area contributed by atoms with Crippen LogP contribution >= 0.6 is 0 Å². The quantitative estimate of drug-likeness (QED) is 0.164. The van der Waals surface area contributed by atoms with E-state index in [-0.39, 0.29) is 5.57 Å². The summed E-state index contributed by atoms with van der Waals surface area (Å²) >= 11 is 0. The molecule has 0 bridgehead atoms. The molecule has 1 atom stereocenters. The molecule has 0 aromatic carbocycles. The van der Waals surface area contributed by atoms with Crippen LogP contribution in [0.4, 0.5) is 0 Å². The molecule has 0 saturated carbocycles. The van der Waals surface area contributed by atoms with E-state index in [1.165, 1.54) is 83.5 Å². The average Bonchev–Trinajstić information content (AvgIpc) is 2.68. The van der Waals surface area contributed by atoms with E-state index in [1.54, 1.807) is 13.8 Å². The standard InChI is InChI=1S/C24H46O4/c1-21(22(2)24(27)28)23(26)19-17-15-13-11-9-7-5-3-4-6-8-10-12-14-16-18-20-25/h23,25-26H,3-20H2,1-2H3,(H,27,28). The molecule has 28 heavy (non-hydrogen) atoms. The van der Waals surface area contributed by atoms with Crippen molar-refractivity contribution in [1.82, 2.24) is 0 Å². The molecular weight excluding hydrogens is 352 g/mol. The van der Waals surface area contributed by atoms with Gasteiger partial charge in [0.2, 0.25) is 0 Å². The number of aliphatic hydroxyl groups is 2. The van der Waals surface area contributed by atoms with Crippen LogP contribution in [0.15, 0.2) is 11.1 Å². The van der Waals surface area contributed by atoms with Crippen LogP contribution in [0.25, 0.3) is 0 Å². The van der Waals surface area contributed by atoms with E-state index in [0.717, 1.165) is 19.3 Å². The number of hydrogen-bond acceptors (Lipinski definition) is 3. The summed E-state index contributed by atoms with van der Waals surface area (Å²) in [5.41, 5.74) is 0.861. The predicted octanol–water partition coefficient (Wildman–Crippen LogP) is 6.39. The minimum atomic E-state index is -0.939. The molecule has 4 heteroatoms. The number of hydrogen-bond donors (Lipinski definition) is 3. The minimum absolute atomic E-state index is 0.269. The minimum Gasteiger partial charge on any atom is -0.478 e. The highest BCUT2D eigenvalue weighted by Crippen LogP contribution is 2.17. The van der Waals surface area contributed by atoms with Crippen molar-refractivity contribution in [1.29, 1.82) is 0 Å². The summed E-state index contributed by atoms with van der Waals surface area (Å²) in [6.45, 7) is 3.62. The Morgan fingerprint density at radius 2 is 0.964 bits per heavy atom. The Morgan fingerprint density at radius 3 is 1.29 bits per heavy atom. The Bertz CT molecular complexity index is 403. The maximum Gasteiger partial charge on any atom is 0.331 e. The van der Waals surface area contributed by atoms with E-state index in [1.807, 2.05) is 0 Å². The van der Waals surface area contributed by atoms with Crippen LogP contribution in [0.1, 0.15) is 123 Å². The molecule has 166 valence electrons. The first-order valence-corrected chi connectivity index (χ1v) is 11.7. The third kappa shape index (κ3) is 16.1. The first-order chi connectivity index (χ1) is 13.5.